The lowest BCUT2D eigenvalue weighted by atomic mass is 9.89. The lowest BCUT2D eigenvalue weighted by Gasteiger charge is -2.13. The molecule has 13 heavy (non-hydrogen) atoms. The van der Waals surface area contributed by atoms with Crippen LogP contribution in [0.1, 0.15) is 30.9 Å². The normalized spacial score (nSPS) is 20.8. The predicted molar refractivity (Wildman–Crippen MR) is 52.7 cm³/mol. The third kappa shape index (κ3) is 1.28. The molecule has 1 nitrogen and oxygen atoms in total. The Balaban J connectivity index is 2.46. The minimum Gasteiger partial charge on any atom is -0.299 e. The van der Waals surface area contributed by atoms with E-state index in [1.807, 2.05) is 12.1 Å². The lowest BCUT2D eigenvalue weighted by molar-refractivity contribution is -0.119. The van der Waals surface area contributed by atoms with Crippen LogP contribution in [0.15, 0.2) is 24.3 Å². The molecule has 0 aromatic heterocycles. The standard InChI is InChI=1S/C12H14O/c1-8(2)12-10-6-4-3-5-9(10)7-11(12)13/h3-6,8,12H,7H2,1-2H3. The number of hydrogen-bond acceptors (Lipinski definition) is 1. The van der Waals surface area contributed by atoms with Gasteiger partial charge in [-0.25, -0.2) is 0 Å². The van der Waals surface area contributed by atoms with Gasteiger partial charge in [0.25, 0.3) is 0 Å². The summed E-state index contributed by atoms with van der Waals surface area (Å²) >= 11 is 0. The van der Waals surface area contributed by atoms with Crippen molar-refractivity contribution in [3.8, 4) is 0 Å². The second kappa shape index (κ2) is 2.99. The van der Waals surface area contributed by atoms with Crippen molar-refractivity contribution in [2.24, 2.45) is 5.92 Å². The van der Waals surface area contributed by atoms with Crippen LogP contribution in [-0.2, 0) is 11.2 Å². The molecule has 1 aliphatic rings. The van der Waals surface area contributed by atoms with Gasteiger partial charge in [0.1, 0.15) is 5.78 Å². The van der Waals surface area contributed by atoms with E-state index >= 15 is 0 Å². The Morgan fingerprint density at radius 3 is 2.69 bits per heavy atom. The average Bonchev–Trinajstić information content (AvgIpc) is 2.39. The summed E-state index contributed by atoms with van der Waals surface area (Å²) in [7, 11) is 0. The maximum atomic E-state index is 11.7. The van der Waals surface area contributed by atoms with Crippen molar-refractivity contribution >= 4 is 5.78 Å². The minimum atomic E-state index is 0.149. The smallest absolute Gasteiger partial charge is 0.144 e. The highest BCUT2D eigenvalue weighted by Crippen LogP contribution is 2.35. The van der Waals surface area contributed by atoms with E-state index in [4.69, 9.17) is 0 Å². The summed E-state index contributed by atoms with van der Waals surface area (Å²) < 4.78 is 0. The van der Waals surface area contributed by atoms with E-state index < -0.39 is 0 Å². The number of fused-ring (bicyclic) bond motifs is 1. The van der Waals surface area contributed by atoms with Crippen LogP contribution >= 0.6 is 0 Å². The van der Waals surface area contributed by atoms with Gasteiger partial charge in [0.15, 0.2) is 0 Å². The molecule has 0 aliphatic heterocycles. The number of carbonyl (C=O) groups excluding carboxylic acids is 1. The van der Waals surface area contributed by atoms with E-state index in [1.54, 1.807) is 0 Å². The zero-order valence-electron chi connectivity index (χ0n) is 8.08. The lowest BCUT2D eigenvalue weighted by Crippen LogP contribution is -2.12. The largest absolute Gasteiger partial charge is 0.299 e. The van der Waals surface area contributed by atoms with Gasteiger partial charge in [-0.05, 0) is 17.0 Å². The molecule has 0 radical (unpaired) electrons. The van der Waals surface area contributed by atoms with Gasteiger partial charge < -0.3 is 0 Å². The van der Waals surface area contributed by atoms with E-state index in [-0.39, 0.29) is 5.92 Å². The molecular weight excluding hydrogens is 160 g/mol. The van der Waals surface area contributed by atoms with Crippen LogP contribution in [-0.4, -0.2) is 5.78 Å². The van der Waals surface area contributed by atoms with Crippen LogP contribution < -0.4 is 0 Å². The van der Waals surface area contributed by atoms with Crippen molar-refractivity contribution in [1.29, 1.82) is 0 Å². The Bertz CT molecular complexity index is 339. The molecule has 1 aromatic rings. The van der Waals surface area contributed by atoms with Gasteiger partial charge in [-0.15, -0.1) is 0 Å². The zero-order chi connectivity index (χ0) is 9.42. The molecule has 1 unspecified atom stereocenters. The van der Waals surface area contributed by atoms with Gasteiger partial charge in [-0.1, -0.05) is 38.1 Å². The second-order valence-corrected chi connectivity index (χ2v) is 4.06. The summed E-state index contributed by atoms with van der Waals surface area (Å²) in [5, 5.41) is 0. The molecule has 68 valence electrons. The first kappa shape index (κ1) is 8.49. The van der Waals surface area contributed by atoms with Crippen molar-refractivity contribution in [1.82, 2.24) is 0 Å². The topological polar surface area (TPSA) is 17.1 Å². The Morgan fingerprint density at radius 2 is 2.00 bits per heavy atom. The maximum Gasteiger partial charge on any atom is 0.144 e. The molecule has 0 bridgehead atoms. The molecular formula is C12H14O. The molecule has 0 N–H and O–H groups in total. The minimum absolute atomic E-state index is 0.149. The van der Waals surface area contributed by atoms with Crippen LogP contribution in [0.4, 0.5) is 0 Å². The van der Waals surface area contributed by atoms with E-state index in [0.717, 1.165) is 0 Å². The van der Waals surface area contributed by atoms with Gasteiger partial charge in [0.05, 0.1) is 0 Å². The maximum absolute atomic E-state index is 11.7. The molecule has 0 spiro atoms. The Morgan fingerprint density at radius 1 is 1.31 bits per heavy atom. The molecule has 0 heterocycles. The number of hydrogen-bond donors (Lipinski definition) is 0. The molecule has 1 aromatic carbocycles. The van der Waals surface area contributed by atoms with Gasteiger partial charge in [-0.2, -0.15) is 0 Å². The summed E-state index contributed by atoms with van der Waals surface area (Å²) in [4.78, 5) is 11.7. The summed E-state index contributed by atoms with van der Waals surface area (Å²) in [6.07, 6.45) is 0.638. The van der Waals surface area contributed by atoms with Crippen molar-refractivity contribution in [3.63, 3.8) is 0 Å². The molecule has 0 amide bonds. The fourth-order valence-electron chi connectivity index (χ4n) is 2.20. The SMILES string of the molecule is CC(C)C1C(=O)Cc2ccccc21. The highest BCUT2D eigenvalue weighted by molar-refractivity contribution is 5.92. The number of ketones is 1. The molecule has 1 heteroatoms. The first-order chi connectivity index (χ1) is 6.20. The summed E-state index contributed by atoms with van der Waals surface area (Å²) in [6.45, 7) is 4.23. The molecule has 0 saturated carbocycles. The third-order valence-corrected chi connectivity index (χ3v) is 2.77. The average molecular weight is 174 g/mol. The fraction of sp³-hybridized carbons (Fsp3) is 0.417. The molecule has 1 atom stereocenters. The predicted octanol–water partition coefficient (Wildman–Crippen LogP) is 2.55. The summed E-state index contributed by atoms with van der Waals surface area (Å²) in [5.74, 6) is 0.962. The quantitative estimate of drug-likeness (QED) is 0.639. The fourth-order valence-corrected chi connectivity index (χ4v) is 2.20. The second-order valence-electron chi connectivity index (χ2n) is 4.06. The van der Waals surface area contributed by atoms with E-state index in [2.05, 4.69) is 26.0 Å². The Labute approximate surface area is 78.8 Å². The monoisotopic (exact) mass is 174 g/mol. The molecule has 0 fully saturated rings. The van der Waals surface area contributed by atoms with Crippen molar-refractivity contribution in [2.45, 2.75) is 26.2 Å². The van der Waals surface area contributed by atoms with Crippen LogP contribution in [0.2, 0.25) is 0 Å². The van der Waals surface area contributed by atoms with Gasteiger partial charge in [-0.3, -0.25) is 4.79 Å². The van der Waals surface area contributed by atoms with Crippen molar-refractivity contribution < 1.29 is 4.79 Å². The highest BCUT2D eigenvalue weighted by Gasteiger charge is 2.31. The van der Waals surface area contributed by atoms with Gasteiger partial charge in [0, 0.05) is 12.3 Å². The number of rotatable bonds is 1. The molecule has 2 rings (SSSR count). The van der Waals surface area contributed by atoms with Crippen molar-refractivity contribution in [3.05, 3.63) is 35.4 Å². The molecule has 1 aliphatic carbocycles. The van der Waals surface area contributed by atoms with E-state index in [9.17, 15) is 4.79 Å². The van der Waals surface area contributed by atoms with E-state index in [1.165, 1.54) is 11.1 Å². The first-order valence-electron chi connectivity index (χ1n) is 4.80. The third-order valence-electron chi connectivity index (χ3n) is 2.77. The Hall–Kier alpha value is -1.11. The zero-order valence-corrected chi connectivity index (χ0v) is 8.08. The highest BCUT2D eigenvalue weighted by atomic mass is 16.1. The van der Waals surface area contributed by atoms with Crippen LogP contribution in [0.5, 0.6) is 0 Å². The van der Waals surface area contributed by atoms with Crippen LogP contribution in [0.25, 0.3) is 0 Å². The Kier molecular flexibility index (Phi) is 1.95. The number of benzene rings is 1. The summed E-state index contributed by atoms with van der Waals surface area (Å²) in [6, 6.07) is 8.18. The summed E-state index contributed by atoms with van der Waals surface area (Å²) in [5.41, 5.74) is 2.48. The van der Waals surface area contributed by atoms with Crippen LogP contribution in [0.3, 0.4) is 0 Å². The van der Waals surface area contributed by atoms with Crippen LogP contribution in [0, 0.1) is 5.92 Å². The van der Waals surface area contributed by atoms with Gasteiger partial charge in [0.2, 0.25) is 0 Å². The first-order valence-corrected chi connectivity index (χ1v) is 4.80. The van der Waals surface area contributed by atoms with Crippen molar-refractivity contribution in [2.75, 3.05) is 0 Å². The molecule has 0 saturated heterocycles. The van der Waals surface area contributed by atoms with Gasteiger partial charge >= 0.3 is 0 Å². The van der Waals surface area contributed by atoms with E-state index in [0.29, 0.717) is 18.1 Å². The number of Topliss-reactive ketones (excluding diaryl/α,β-unsaturated/α-hetero) is 1. The number of carbonyl (C=O) groups is 1.